The molecule has 21 heavy (non-hydrogen) atoms. The van der Waals surface area contributed by atoms with Crippen LogP contribution in [0.5, 0.6) is 5.75 Å². The second-order valence-corrected chi connectivity index (χ2v) is 5.27. The Balaban J connectivity index is 1.98. The molecule has 0 aromatic heterocycles. The summed E-state index contributed by atoms with van der Waals surface area (Å²) in [6.45, 7) is 7.07. The Labute approximate surface area is 131 Å². The Morgan fingerprint density at radius 2 is 1.71 bits per heavy atom. The monoisotopic (exact) mass is 304 g/mol. The van der Waals surface area contributed by atoms with E-state index in [4.69, 9.17) is 11.6 Å². The zero-order valence-electron chi connectivity index (χ0n) is 12.4. The van der Waals surface area contributed by atoms with Crippen LogP contribution < -0.4 is 10.2 Å². The Bertz CT molecular complexity index is 580. The summed E-state index contributed by atoms with van der Waals surface area (Å²) in [4.78, 5) is 2.32. The lowest BCUT2D eigenvalue weighted by Gasteiger charge is -2.21. The van der Waals surface area contributed by atoms with Gasteiger partial charge in [-0.2, -0.15) is 0 Å². The average Bonchev–Trinajstić information content (AvgIpc) is 2.51. The number of aromatic hydroxyl groups is 1. The van der Waals surface area contributed by atoms with E-state index in [-0.39, 0.29) is 5.75 Å². The van der Waals surface area contributed by atoms with Crippen LogP contribution in [0.4, 0.5) is 11.4 Å². The van der Waals surface area contributed by atoms with E-state index in [2.05, 4.69) is 48.3 Å². The fourth-order valence-corrected chi connectivity index (χ4v) is 2.41. The number of phenolic OH excluding ortho intramolecular Hbond substituents is 1. The van der Waals surface area contributed by atoms with Gasteiger partial charge in [0.05, 0.1) is 5.02 Å². The minimum Gasteiger partial charge on any atom is -0.506 e. The molecule has 0 atom stereocenters. The largest absolute Gasteiger partial charge is 0.506 e. The van der Waals surface area contributed by atoms with Gasteiger partial charge in [0.1, 0.15) is 5.75 Å². The lowest BCUT2D eigenvalue weighted by atomic mass is 10.2. The summed E-state index contributed by atoms with van der Waals surface area (Å²) in [5, 5.41) is 13.0. The van der Waals surface area contributed by atoms with Gasteiger partial charge in [0.2, 0.25) is 0 Å². The van der Waals surface area contributed by atoms with Crippen LogP contribution in [-0.4, -0.2) is 18.2 Å². The Morgan fingerprint density at radius 3 is 2.29 bits per heavy atom. The molecule has 0 aliphatic heterocycles. The van der Waals surface area contributed by atoms with E-state index in [1.807, 2.05) is 6.07 Å². The number of nitrogens with zero attached hydrogens (tertiary/aromatic N) is 1. The maximum Gasteiger partial charge on any atom is 0.134 e. The molecule has 2 aromatic rings. The molecule has 0 fully saturated rings. The van der Waals surface area contributed by atoms with E-state index in [9.17, 15) is 5.11 Å². The molecule has 112 valence electrons. The molecule has 3 nitrogen and oxygen atoms in total. The lowest BCUT2D eigenvalue weighted by molar-refractivity contribution is 0.475. The standard InChI is InChI=1S/C17H21ClN2O/c1-3-20(4-2)15-8-5-13(6-9-15)12-19-14-7-10-17(21)16(18)11-14/h5-11,19,21H,3-4,12H2,1-2H3. The number of halogens is 1. The second kappa shape index (κ2) is 7.23. The fraction of sp³-hybridized carbons (Fsp3) is 0.294. The van der Waals surface area contributed by atoms with E-state index < -0.39 is 0 Å². The van der Waals surface area contributed by atoms with Crippen LogP contribution in [0.15, 0.2) is 42.5 Å². The summed E-state index contributed by atoms with van der Waals surface area (Å²) in [7, 11) is 0. The summed E-state index contributed by atoms with van der Waals surface area (Å²) in [6.07, 6.45) is 0. The zero-order chi connectivity index (χ0) is 15.2. The number of phenols is 1. The first-order valence-corrected chi connectivity index (χ1v) is 7.58. The quantitative estimate of drug-likeness (QED) is 0.771. The molecule has 4 heteroatoms. The first kappa shape index (κ1) is 15.5. The van der Waals surface area contributed by atoms with Gasteiger partial charge < -0.3 is 15.3 Å². The van der Waals surface area contributed by atoms with Gasteiger partial charge in [0, 0.05) is 31.0 Å². The molecule has 0 heterocycles. The number of nitrogens with one attached hydrogen (secondary N) is 1. The van der Waals surface area contributed by atoms with E-state index in [0.29, 0.717) is 5.02 Å². The van der Waals surface area contributed by atoms with Crippen LogP contribution in [0.2, 0.25) is 5.02 Å². The van der Waals surface area contributed by atoms with E-state index >= 15 is 0 Å². The summed E-state index contributed by atoms with van der Waals surface area (Å²) in [5.41, 5.74) is 3.34. The van der Waals surface area contributed by atoms with Crippen LogP contribution in [0.25, 0.3) is 0 Å². The highest BCUT2D eigenvalue weighted by molar-refractivity contribution is 6.32. The van der Waals surface area contributed by atoms with E-state index in [1.54, 1.807) is 12.1 Å². The Kier molecular flexibility index (Phi) is 5.34. The molecule has 0 radical (unpaired) electrons. The average molecular weight is 305 g/mol. The van der Waals surface area contributed by atoms with Gasteiger partial charge >= 0.3 is 0 Å². The predicted octanol–water partition coefficient (Wildman–Crippen LogP) is 4.50. The molecule has 0 aliphatic rings. The highest BCUT2D eigenvalue weighted by atomic mass is 35.5. The first-order valence-electron chi connectivity index (χ1n) is 7.20. The van der Waals surface area contributed by atoms with Crippen molar-refractivity contribution in [1.29, 1.82) is 0 Å². The number of rotatable bonds is 6. The van der Waals surface area contributed by atoms with Crippen LogP contribution in [-0.2, 0) is 6.54 Å². The van der Waals surface area contributed by atoms with Crippen molar-refractivity contribution in [2.75, 3.05) is 23.3 Å². The molecule has 2 aromatic carbocycles. The third-order valence-electron chi connectivity index (χ3n) is 3.51. The van der Waals surface area contributed by atoms with Gasteiger partial charge in [0.25, 0.3) is 0 Å². The van der Waals surface area contributed by atoms with Gasteiger partial charge in [-0.15, -0.1) is 0 Å². The molecule has 0 amide bonds. The van der Waals surface area contributed by atoms with Crippen molar-refractivity contribution < 1.29 is 5.11 Å². The zero-order valence-corrected chi connectivity index (χ0v) is 13.2. The summed E-state index contributed by atoms with van der Waals surface area (Å²) in [6, 6.07) is 13.7. The van der Waals surface area contributed by atoms with Gasteiger partial charge in [0.15, 0.2) is 0 Å². The van der Waals surface area contributed by atoms with Crippen molar-refractivity contribution in [3.8, 4) is 5.75 Å². The highest BCUT2D eigenvalue weighted by Crippen LogP contribution is 2.26. The maximum atomic E-state index is 9.39. The minimum atomic E-state index is 0.103. The maximum absolute atomic E-state index is 9.39. The molecular weight excluding hydrogens is 284 g/mol. The van der Waals surface area contributed by atoms with Crippen LogP contribution in [0.3, 0.4) is 0 Å². The van der Waals surface area contributed by atoms with Crippen LogP contribution in [0.1, 0.15) is 19.4 Å². The predicted molar refractivity (Wildman–Crippen MR) is 90.4 cm³/mol. The van der Waals surface area contributed by atoms with Crippen molar-refractivity contribution in [1.82, 2.24) is 0 Å². The fourth-order valence-electron chi connectivity index (χ4n) is 2.23. The summed E-state index contributed by atoms with van der Waals surface area (Å²) in [5.74, 6) is 0.103. The topological polar surface area (TPSA) is 35.5 Å². The number of hydrogen-bond donors (Lipinski definition) is 2. The van der Waals surface area contributed by atoms with Crippen molar-refractivity contribution in [2.45, 2.75) is 20.4 Å². The Hall–Kier alpha value is -1.87. The molecule has 0 aliphatic carbocycles. The van der Waals surface area contributed by atoms with Gasteiger partial charge in [-0.1, -0.05) is 23.7 Å². The van der Waals surface area contributed by atoms with Gasteiger partial charge in [-0.3, -0.25) is 0 Å². The van der Waals surface area contributed by atoms with Crippen LogP contribution in [0, 0.1) is 0 Å². The van der Waals surface area contributed by atoms with Gasteiger partial charge in [-0.05, 0) is 49.7 Å². The second-order valence-electron chi connectivity index (χ2n) is 4.86. The number of anilines is 2. The normalized spacial score (nSPS) is 10.4. The summed E-state index contributed by atoms with van der Waals surface area (Å²) < 4.78 is 0. The molecule has 2 N–H and O–H groups in total. The van der Waals surface area contributed by atoms with Crippen molar-refractivity contribution >= 4 is 23.0 Å². The number of hydrogen-bond acceptors (Lipinski definition) is 3. The van der Waals surface area contributed by atoms with Crippen LogP contribution >= 0.6 is 11.6 Å². The molecule has 2 rings (SSSR count). The highest BCUT2D eigenvalue weighted by Gasteiger charge is 2.02. The number of benzene rings is 2. The van der Waals surface area contributed by atoms with Crippen molar-refractivity contribution in [3.05, 3.63) is 53.1 Å². The molecule has 0 bridgehead atoms. The molecule has 0 unspecified atom stereocenters. The van der Waals surface area contributed by atoms with Crippen molar-refractivity contribution in [2.24, 2.45) is 0 Å². The lowest BCUT2D eigenvalue weighted by Crippen LogP contribution is -2.21. The minimum absolute atomic E-state index is 0.103. The smallest absolute Gasteiger partial charge is 0.134 e. The molecule has 0 saturated heterocycles. The van der Waals surface area contributed by atoms with Crippen molar-refractivity contribution in [3.63, 3.8) is 0 Å². The SMILES string of the molecule is CCN(CC)c1ccc(CNc2ccc(O)c(Cl)c2)cc1. The molecule has 0 saturated carbocycles. The molecular formula is C17H21ClN2O. The van der Waals surface area contributed by atoms with E-state index in [1.165, 1.54) is 11.3 Å². The third-order valence-corrected chi connectivity index (χ3v) is 3.81. The van der Waals surface area contributed by atoms with Gasteiger partial charge in [-0.25, -0.2) is 0 Å². The third kappa shape index (κ3) is 4.05. The Morgan fingerprint density at radius 1 is 1.05 bits per heavy atom. The first-order chi connectivity index (χ1) is 10.1. The summed E-state index contributed by atoms with van der Waals surface area (Å²) >= 11 is 5.89. The van der Waals surface area contributed by atoms with E-state index in [0.717, 1.165) is 25.3 Å². The molecule has 0 spiro atoms.